The zero-order chi connectivity index (χ0) is 20.3. The van der Waals surface area contributed by atoms with Crippen LogP contribution < -0.4 is 4.74 Å². The topological polar surface area (TPSA) is 107 Å². The molecule has 1 aromatic rings. The van der Waals surface area contributed by atoms with Gasteiger partial charge in [-0.3, -0.25) is 4.55 Å². The molecule has 0 radical (unpaired) electrons. The van der Waals surface area contributed by atoms with Gasteiger partial charge in [0.2, 0.25) is 0 Å². The fourth-order valence-corrected chi connectivity index (χ4v) is 1.91. The molecular formula is C13H9F5O7S. The van der Waals surface area contributed by atoms with Gasteiger partial charge in [0.05, 0.1) is 5.56 Å². The van der Waals surface area contributed by atoms with Crippen molar-refractivity contribution in [3.63, 3.8) is 0 Å². The van der Waals surface area contributed by atoms with Crippen LogP contribution in [0.3, 0.4) is 0 Å². The van der Waals surface area contributed by atoms with E-state index in [4.69, 9.17) is 4.55 Å². The standard InChI is InChI=1S/C13H9F5O7S/c1-2-9(19)24-8-5-3-7(4-6-8)10(20)25-11(12(14,15)16)13(17,18)26(21,22)23/h2-6,11H,1H2,(H,21,22,23). The fraction of sp³-hybridized carbons (Fsp3) is 0.231. The van der Waals surface area contributed by atoms with E-state index in [0.717, 1.165) is 30.3 Å². The number of rotatable bonds is 6. The van der Waals surface area contributed by atoms with Gasteiger partial charge in [-0.2, -0.15) is 30.4 Å². The van der Waals surface area contributed by atoms with E-state index >= 15 is 0 Å². The van der Waals surface area contributed by atoms with Crippen LogP contribution in [-0.4, -0.2) is 42.4 Å². The van der Waals surface area contributed by atoms with Crippen LogP contribution in [0.15, 0.2) is 36.9 Å². The van der Waals surface area contributed by atoms with Crippen molar-refractivity contribution in [2.24, 2.45) is 0 Å². The summed E-state index contributed by atoms with van der Waals surface area (Å²) in [5.74, 6) is -3.00. The van der Waals surface area contributed by atoms with Crippen molar-refractivity contribution < 1.29 is 54.0 Å². The number of alkyl halides is 5. The summed E-state index contributed by atoms with van der Waals surface area (Å²) in [6, 6.07) is 3.41. The Morgan fingerprint density at radius 2 is 1.62 bits per heavy atom. The van der Waals surface area contributed by atoms with Crippen molar-refractivity contribution in [3.05, 3.63) is 42.5 Å². The first kappa shape index (κ1) is 21.5. The van der Waals surface area contributed by atoms with Crippen molar-refractivity contribution in [1.82, 2.24) is 0 Å². The van der Waals surface area contributed by atoms with E-state index in [2.05, 4.69) is 16.1 Å². The maximum atomic E-state index is 13.3. The first-order valence-corrected chi connectivity index (χ1v) is 7.71. The van der Waals surface area contributed by atoms with Gasteiger partial charge in [-0.05, 0) is 24.3 Å². The van der Waals surface area contributed by atoms with Crippen LogP contribution in [-0.2, 0) is 19.6 Å². The molecule has 0 aliphatic rings. The van der Waals surface area contributed by atoms with E-state index < -0.39 is 45.2 Å². The SMILES string of the molecule is C=CC(=O)Oc1ccc(C(=O)OC(C(F)(F)F)C(F)(F)S(=O)(=O)O)cc1. The molecule has 0 bridgehead atoms. The van der Waals surface area contributed by atoms with E-state index in [-0.39, 0.29) is 5.75 Å². The Morgan fingerprint density at radius 3 is 2.00 bits per heavy atom. The molecule has 144 valence electrons. The molecule has 0 aliphatic carbocycles. The summed E-state index contributed by atoms with van der Waals surface area (Å²) in [6.07, 6.45) is -9.65. The van der Waals surface area contributed by atoms with Gasteiger partial charge in [0.15, 0.2) is 0 Å². The summed E-state index contributed by atoms with van der Waals surface area (Å²) in [4.78, 5) is 22.5. The van der Waals surface area contributed by atoms with Gasteiger partial charge in [0.1, 0.15) is 5.75 Å². The fourth-order valence-electron chi connectivity index (χ4n) is 1.45. The minimum Gasteiger partial charge on any atom is -0.441 e. The zero-order valence-electron chi connectivity index (χ0n) is 12.4. The minimum absolute atomic E-state index is 0.151. The number of esters is 2. The second kappa shape index (κ2) is 7.37. The third-order valence-corrected chi connectivity index (χ3v) is 3.55. The average Bonchev–Trinajstić information content (AvgIpc) is 2.50. The lowest BCUT2D eigenvalue weighted by Crippen LogP contribution is -2.52. The lowest BCUT2D eigenvalue weighted by molar-refractivity contribution is -0.248. The second-order valence-corrected chi connectivity index (χ2v) is 6.01. The zero-order valence-corrected chi connectivity index (χ0v) is 13.2. The Kier molecular flexibility index (Phi) is 6.10. The highest BCUT2D eigenvalue weighted by Crippen LogP contribution is 2.38. The summed E-state index contributed by atoms with van der Waals surface area (Å²) in [5.41, 5.74) is -0.691. The summed E-state index contributed by atoms with van der Waals surface area (Å²) in [5, 5.41) is -5.83. The van der Waals surface area contributed by atoms with Crippen molar-refractivity contribution in [2.75, 3.05) is 0 Å². The first-order valence-electron chi connectivity index (χ1n) is 6.27. The van der Waals surface area contributed by atoms with E-state index in [1.807, 2.05) is 0 Å². The molecule has 0 aromatic heterocycles. The highest BCUT2D eigenvalue weighted by molar-refractivity contribution is 7.86. The van der Waals surface area contributed by atoms with E-state index in [0.29, 0.717) is 0 Å². The molecule has 1 rings (SSSR count). The molecule has 0 heterocycles. The van der Waals surface area contributed by atoms with Crippen LogP contribution in [0.2, 0.25) is 0 Å². The Hall–Kier alpha value is -2.54. The van der Waals surface area contributed by atoms with Gasteiger partial charge in [-0.1, -0.05) is 6.58 Å². The largest absolute Gasteiger partial charge is 0.441 e. The molecule has 0 saturated carbocycles. The van der Waals surface area contributed by atoms with Gasteiger partial charge in [0, 0.05) is 6.08 Å². The van der Waals surface area contributed by atoms with Crippen LogP contribution in [0.25, 0.3) is 0 Å². The Labute approximate surface area is 142 Å². The van der Waals surface area contributed by atoms with E-state index in [1.165, 1.54) is 0 Å². The van der Waals surface area contributed by atoms with Gasteiger partial charge < -0.3 is 9.47 Å². The summed E-state index contributed by atoms with van der Waals surface area (Å²) >= 11 is 0. The van der Waals surface area contributed by atoms with Gasteiger partial charge in [0.25, 0.3) is 6.10 Å². The first-order chi connectivity index (χ1) is 11.7. The quantitative estimate of drug-likeness (QED) is 0.255. The molecule has 0 aliphatic heterocycles. The molecule has 1 N–H and O–H groups in total. The van der Waals surface area contributed by atoms with Crippen molar-refractivity contribution in [3.8, 4) is 5.75 Å². The molecule has 13 heteroatoms. The molecule has 0 amide bonds. The number of carbonyl (C=O) groups excluding carboxylic acids is 2. The molecule has 0 fully saturated rings. The summed E-state index contributed by atoms with van der Waals surface area (Å²) in [6.45, 7) is 3.11. The minimum atomic E-state index is -6.53. The number of carbonyl (C=O) groups is 2. The number of benzene rings is 1. The molecule has 0 spiro atoms. The van der Waals surface area contributed by atoms with Crippen LogP contribution in [0.5, 0.6) is 5.75 Å². The molecule has 0 saturated heterocycles. The van der Waals surface area contributed by atoms with Crippen molar-refractivity contribution >= 4 is 22.1 Å². The highest BCUT2D eigenvalue weighted by Gasteiger charge is 2.66. The molecular weight excluding hydrogens is 395 g/mol. The maximum Gasteiger partial charge on any atom is 0.432 e. The lowest BCUT2D eigenvalue weighted by Gasteiger charge is -2.26. The molecule has 26 heavy (non-hydrogen) atoms. The Morgan fingerprint density at radius 1 is 1.12 bits per heavy atom. The van der Waals surface area contributed by atoms with Gasteiger partial charge >= 0.3 is 33.5 Å². The molecule has 7 nitrogen and oxygen atoms in total. The number of ether oxygens (including phenoxy) is 2. The van der Waals surface area contributed by atoms with Crippen LogP contribution in [0.4, 0.5) is 22.0 Å². The molecule has 1 atom stereocenters. The Balaban J connectivity index is 3.08. The monoisotopic (exact) mass is 404 g/mol. The van der Waals surface area contributed by atoms with Crippen LogP contribution in [0.1, 0.15) is 10.4 Å². The van der Waals surface area contributed by atoms with Crippen molar-refractivity contribution in [1.29, 1.82) is 0 Å². The molecule has 1 aromatic carbocycles. The summed E-state index contributed by atoms with van der Waals surface area (Å²) < 4.78 is 102. The van der Waals surface area contributed by atoms with Crippen molar-refractivity contribution in [2.45, 2.75) is 17.5 Å². The Bertz CT molecular complexity index is 799. The highest BCUT2D eigenvalue weighted by atomic mass is 32.2. The third kappa shape index (κ3) is 4.98. The number of hydrogen-bond acceptors (Lipinski definition) is 6. The lowest BCUT2D eigenvalue weighted by atomic mass is 10.2. The van der Waals surface area contributed by atoms with Crippen LogP contribution >= 0.6 is 0 Å². The smallest absolute Gasteiger partial charge is 0.432 e. The predicted octanol–water partition coefficient (Wildman–Crippen LogP) is 2.35. The molecule has 1 unspecified atom stereocenters. The second-order valence-electron chi connectivity index (χ2n) is 4.51. The normalized spacial score (nSPS) is 13.6. The predicted molar refractivity (Wildman–Crippen MR) is 74.0 cm³/mol. The number of hydrogen-bond donors (Lipinski definition) is 1. The van der Waals surface area contributed by atoms with Crippen LogP contribution in [0, 0.1) is 0 Å². The van der Waals surface area contributed by atoms with Gasteiger partial charge in [-0.15, -0.1) is 0 Å². The maximum absolute atomic E-state index is 13.3. The summed E-state index contributed by atoms with van der Waals surface area (Å²) in [7, 11) is -6.53. The third-order valence-electron chi connectivity index (χ3n) is 2.65. The average molecular weight is 404 g/mol. The van der Waals surface area contributed by atoms with E-state index in [9.17, 15) is 40.0 Å². The van der Waals surface area contributed by atoms with E-state index in [1.54, 1.807) is 0 Å². The van der Waals surface area contributed by atoms with Gasteiger partial charge in [-0.25, -0.2) is 9.59 Å². The number of halogens is 5.